The zero-order valence-electron chi connectivity index (χ0n) is 7.31. The van der Waals surface area contributed by atoms with Crippen molar-refractivity contribution in [2.24, 2.45) is 5.73 Å². The average molecular weight is 177 g/mol. The van der Waals surface area contributed by atoms with Crippen LogP contribution in [0, 0.1) is 0 Å². The van der Waals surface area contributed by atoms with Gasteiger partial charge in [0.1, 0.15) is 5.52 Å². The van der Waals surface area contributed by atoms with Gasteiger partial charge in [0.15, 0.2) is 5.82 Å². The summed E-state index contributed by atoms with van der Waals surface area (Å²) in [5.41, 5.74) is 7.09. The fraction of sp³-hybridized carbons (Fsp3) is 0.222. The van der Waals surface area contributed by atoms with Crippen molar-refractivity contribution in [2.45, 2.75) is 13.0 Å². The summed E-state index contributed by atoms with van der Waals surface area (Å²) >= 11 is 0. The molecule has 2 rings (SSSR count). The number of fused-ring (bicyclic) bond motifs is 1. The largest absolute Gasteiger partial charge is 0.427 e. The van der Waals surface area contributed by atoms with Gasteiger partial charge >= 0.3 is 0 Å². The van der Waals surface area contributed by atoms with E-state index in [-0.39, 0.29) is 6.04 Å². The van der Waals surface area contributed by atoms with E-state index in [9.17, 15) is 5.21 Å². The number of imidazole rings is 1. The first-order valence-electron chi connectivity index (χ1n) is 4.12. The molecule has 0 spiro atoms. The second-order valence-electron chi connectivity index (χ2n) is 3.06. The Balaban J connectivity index is 2.74. The van der Waals surface area contributed by atoms with Crippen molar-refractivity contribution in [3.63, 3.8) is 0 Å². The second kappa shape index (κ2) is 2.74. The molecular formula is C9H11N3O. The van der Waals surface area contributed by atoms with Crippen molar-refractivity contribution in [3.05, 3.63) is 30.1 Å². The van der Waals surface area contributed by atoms with E-state index in [4.69, 9.17) is 5.73 Å². The Labute approximate surface area is 75.6 Å². The molecule has 1 unspecified atom stereocenters. The predicted octanol–water partition coefficient (Wildman–Crippen LogP) is 1.29. The van der Waals surface area contributed by atoms with Crippen LogP contribution >= 0.6 is 0 Å². The number of nitrogens with zero attached hydrogens (tertiary/aromatic N) is 2. The van der Waals surface area contributed by atoms with E-state index >= 15 is 0 Å². The summed E-state index contributed by atoms with van der Waals surface area (Å²) in [5, 5.41) is 9.63. The highest BCUT2D eigenvalue weighted by Crippen LogP contribution is 2.16. The maximum absolute atomic E-state index is 9.63. The van der Waals surface area contributed by atoms with Crippen LogP contribution in [-0.4, -0.2) is 14.9 Å². The number of nitrogens with two attached hydrogens (primary N) is 1. The monoisotopic (exact) mass is 177 g/mol. The molecule has 0 fully saturated rings. The van der Waals surface area contributed by atoms with Crippen molar-refractivity contribution in [1.29, 1.82) is 0 Å². The van der Waals surface area contributed by atoms with Gasteiger partial charge in [0.2, 0.25) is 0 Å². The summed E-state index contributed by atoms with van der Waals surface area (Å²) in [7, 11) is 0. The van der Waals surface area contributed by atoms with E-state index in [2.05, 4.69) is 4.98 Å². The fourth-order valence-corrected chi connectivity index (χ4v) is 1.33. The zero-order chi connectivity index (χ0) is 9.42. The molecule has 0 radical (unpaired) electrons. The van der Waals surface area contributed by atoms with Crippen molar-refractivity contribution in [1.82, 2.24) is 9.71 Å². The van der Waals surface area contributed by atoms with E-state index < -0.39 is 0 Å². The summed E-state index contributed by atoms with van der Waals surface area (Å²) in [6.07, 6.45) is 0. The Morgan fingerprint density at radius 3 is 2.77 bits per heavy atom. The molecule has 0 bridgehead atoms. The first-order valence-corrected chi connectivity index (χ1v) is 4.12. The molecule has 1 heterocycles. The smallest absolute Gasteiger partial charge is 0.162 e. The fourth-order valence-electron chi connectivity index (χ4n) is 1.33. The molecule has 0 aliphatic heterocycles. The number of rotatable bonds is 1. The molecule has 68 valence electrons. The van der Waals surface area contributed by atoms with E-state index in [1.54, 1.807) is 13.0 Å². The van der Waals surface area contributed by atoms with Gasteiger partial charge in [-0.15, -0.1) is 0 Å². The number of hydrogen-bond acceptors (Lipinski definition) is 3. The molecule has 1 aromatic heterocycles. The second-order valence-corrected chi connectivity index (χ2v) is 3.06. The topological polar surface area (TPSA) is 64.1 Å². The van der Waals surface area contributed by atoms with Crippen molar-refractivity contribution >= 4 is 11.0 Å². The molecule has 0 aliphatic rings. The third kappa shape index (κ3) is 1.15. The van der Waals surface area contributed by atoms with E-state index in [1.165, 1.54) is 0 Å². The Bertz CT molecular complexity index is 433. The SMILES string of the molecule is CC(N)c1nc2ccccc2n1O. The van der Waals surface area contributed by atoms with Crippen LogP contribution in [-0.2, 0) is 0 Å². The maximum atomic E-state index is 9.63. The summed E-state index contributed by atoms with van der Waals surface area (Å²) < 4.78 is 1.04. The number of hydrogen-bond donors (Lipinski definition) is 2. The molecule has 0 amide bonds. The first kappa shape index (κ1) is 8.07. The van der Waals surface area contributed by atoms with Crippen LogP contribution in [0.4, 0.5) is 0 Å². The molecule has 1 atom stereocenters. The minimum atomic E-state index is -0.266. The lowest BCUT2D eigenvalue weighted by Gasteiger charge is -2.02. The summed E-state index contributed by atoms with van der Waals surface area (Å²) in [5.74, 6) is 0.487. The first-order chi connectivity index (χ1) is 6.20. The molecular weight excluding hydrogens is 166 g/mol. The van der Waals surface area contributed by atoms with Gasteiger partial charge in [0.05, 0.1) is 11.6 Å². The van der Waals surface area contributed by atoms with Crippen LogP contribution < -0.4 is 5.73 Å². The van der Waals surface area contributed by atoms with Crippen LogP contribution in [0.1, 0.15) is 18.8 Å². The Hall–Kier alpha value is -1.55. The number of para-hydroxylation sites is 2. The molecule has 0 saturated heterocycles. The summed E-state index contributed by atoms with van der Waals surface area (Å²) in [6.45, 7) is 1.79. The Kier molecular flexibility index (Phi) is 1.70. The van der Waals surface area contributed by atoms with Gasteiger partial charge in [-0.2, -0.15) is 4.73 Å². The van der Waals surface area contributed by atoms with Gasteiger partial charge in [-0.3, -0.25) is 0 Å². The van der Waals surface area contributed by atoms with E-state index in [0.29, 0.717) is 11.3 Å². The minimum Gasteiger partial charge on any atom is -0.427 e. The van der Waals surface area contributed by atoms with Crippen molar-refractivity contribution in [3.8, 4) is 0 Å². The number of aromatic nitrogens is 2. The lowest BCUT2D eigenvalue weighted by molar-refractivity contribution is 0.184. The molecule has 4 nitrogen and oxygen atoms in total. The molecule has 13 heavy (non-hydrogen) atoms. The highest BCUT2D eigenvalue weighted by Gasteiger charge is 2.11. The zero-order valence-corrected chi connectivity index (χ0v) is 7.31. The van der Waals surface area contributed by atoms with Crippen LogP contribution in [0.25, 0.3) is 11.0 Å². The molecule has 4 heteroatoms. The lowest BCUT2D eigenvalue weighted by Crippen LogP contribution is -2.11. The van der Waals surface area contributed by atoms with Gasteiger partial charge in [-0.25, -0.2) is 4.98 Å². The van der Waals surface area contributed by atoms with Gasteiger partial charge in [-0.1, -0.05) is 12.1 Å². The van der Waals surface area contributed by atoms with Gasteiger partial charge < -0.3 is 10.9 Å². The van der Waals surface area contributed by atoms with Crippen LogP contribution in [0.2, 0.25) is 0 Å². The average Bonchev–Trinajstić information content (AvgIpc) is 2.45. The lowest BCUT2D eigenvalue weighted by atomic mass is 10.3. The molecule has 2 aromatic rings. The van der Waals surface area contributed by atoms with Crippen LogP contribution in [0.5, 0.6) is 0 Å². The summed E-state index contributed by atoms with van der Waals surface area (Å²) in [6, 6.07) is 7.10. The Morgan fingerprint density at radius 1 is 1.46 bits per heavy atom. The molecule has 3 N–H and O–H groups in total. The molecule has 0 aliphatic carbocycles. The Morgan fingerprint density at radius 2 is 2.15 bits per heavy atom. The minimum absolute atomic E-state index is 0.266. The van der Waals surface area contributed by atoms with Crippen LogP contribution in [0.3, 0.4) is 0 Å². The van der Waals surface area contributed by atoms with E-state index in [0.717, 1.165) is 10.2 Å². The summed E-state index contributed by atoms with van der Waals surface area (Å²) in [4.78, 5) is 4.20. The van der Waals surface area contributed by atoms with E-state index in [1.807, 2.05) is 18.2 Å². The third-order valence-corrected chi connectivity index (χ3v) is 1.97. The number of benzene rings is 1. The van der Waals surface area contributed by atoms with Crippen molar-refractivity contribution < 1.29 is 5.21 Å². The molecule has 0 saturated carbocycles. The van der Waals surface area contributed by atoms with Crippen LogP contribution in [0.15, 0.2) is 24.3 Å². The van der Waals surface area contributed by atoms with Gasteiger partial charge in [0, 0.05) is 0 Å². The maximum Gasteiger partial charge on any atom is 0.162 e. The highest BCUT2D eigenvalue weighted by molar-refractivity contribution is 5.75. The highest BCUT2D eigenvalue weighted by atomic mass is 16.5. The van der Waals surface area contributed by atoms with Crippen molar-refractivity contribution in [2.75, 3.05) is 0 Å². The standard InChI is InChI=1S/C9H11N3O/c1-6(10)9-11-7-4-2-3-5-8(7)12(9)13/h2-6,13H,10H2,1H3. The predicted molar refractivity (Wildman–Crippen MR) is 49.5 cm³/mol. The quantitative estimate of drug-likeness (QED) is 0.645. The van der Waals surface area contributed by atoms with Gasteiger partial charge in [-0.05, 0) is 19.1 Å². The molecule has 1 aromatic carbocycles. The third-order valence-electron chi connectivity index (χ3n) is 1.97. The van der Waals surface area contributed by atoms with Gasteiger partial charge in [0.25, 0.3) is 0 Å². The normalized spacial score (nSPS) is 13.4.